The SMILES string of the molecule is CSC(CO)C(C)NC(=O)c1ccc(Cl)c(C)c1. The first-order chi connectivity index (χ1) is 8.49. The fourth-order valence-corrected chi connectivity index (χ4v) is 2.35. The lowest BCUT2D eigenvalue weighted by atomic mass is 10.1. The molecule has 0 saturated carbocycles. The number of aliphatic hydroxyl groups excluding tert-OH is 1. The van der Waals surface area contributed by atoms with Crippen molar-refractivity contribution in [3.05, 3.63) is 34.3 Å². The third-order valence-corrected chi connectivity index (χ3v) is 4.41. The highest BCUT2D eigenvalue weighted by Gasteiger charge is 2.18. The third-order valence-electron chi connectivity index (χ3n) is 2.82. The van der Waals surface area contributed by atoms with E-state index in [2.05, 4.69) is 5.32 Å². The minimum absolute atomic E-state index is 0.00217. The summed E-state index contributed by atoms with van der Waals surface area (Å²) in [5.41, 5.74) is 1.46. The molecule has 100 valence electrons. The summed E-state index contributed by atoms with van der Waals surface area (Å²) in [6.45, 7) is 3.79. The quantitative estimate of drug-likeness (QED) is 0.875. The molecule has 0 aliphatic rings. The number of nitrogens with one attached hydrogen (secondary N) is 1. The molecule has 2 unspecified atom stereocenters. The first kappa shape index (κ1) is 15.3. The molecule has 0 spiro atoms. The normalized spacial score (nSPS) is 14.1. The van der Waals surface area contributed by atoms with Crippen LogP contribution in [0.25, 0.3) is 0 Å². The van der Waals surface area contributed by atoms with Gasteiger partial charge >= 0.3 is 0 Å². The summed E-state index contributed by atoms with van der Waals surface area (Å²) < 4.78 is 0. The predicted octanol–water partition coefficient (Wildman–Crippen LogP) is 2.49. The van der Waals surface area contributed by atoms with Gasteiger partial charge in [-0.25, -0.2) is 0 Å². The van der Waals surface area contributed by atoms with Crippen molar-refractivity contribution in [2.45, 2.75) is 25.1 Å². The molecule has 1 amide bonds. The van der Waals surface area contributed by atoms with Crippen molar-refractivity contribution in [2.24, 2.45) is 0 Å². The van der Waals surface area contributed by atoms with Gasteiger partial charge in [0, 0.05) is 21.9 Å². The topological polar surface area (TPSA) is 49.3 Å². The van der Waals surface area contributed by atoms with Crippen molar-refractivity contribution in [1.29, 1.82) is 0 Å². The van der Waals surface area contributed by atoms with Crippen LogP contribution in [0.3, 0.4) is 0 Å². The minimum Gasteiger partial charge on any atom is -0.395 e. The number of amides is 1. The Hall–Kier alpha value is -0.710. The number of aryl methyl sites for hydroxylation is 1. The molecule has 1 aromatic rings. The van der Waals surface area contributed by atoms with Gasteiger partial charge in [-0.2, -0.15) is 11.8 Å². The molecular formula is C13H18ClNO2S. The Morgan fingerprint density at radius 2 is 2.22 bits per heavy atom. The fraction of sp³-hybridized carbons (Fsp3) is 0.462. The van der Waals surface area contributed by atoms with Crippen LogP contribution in [-0.2, 0) is 0 Å². The Morgan fingerprint density at radius 1 is 1.56 bits per heavy atom. The van der Waals surface area contributed by atoms with Crippen molar-refractivity contribution < 1.29 is 9.90 Å². The lowest BCUT2D eigenvalue weighted by molar-refractivity contribution is 0.0936. The predicted molar refractivity (Wildman–Crippen MR) is 77.5 cm³/mol. The Morgan fingerprint density at radius 3 is 2.72 bits per heavy atom. The maximum Gasteiger partial charge on any atom is 0.251 e. The molecule has 0 aromatic heterocycles. The zero-order chi connectivity index (χ0) is 13.7. The van der Waals surface area contributed by atoms with E-state index in [0.717, 1.165) is 5.56 Å². The van der Waals surface area contributed by atoms with Gasteiger partial charge in [0.2, 0.25) is 0 Å². The van der Waals surface area contributed by atoms with Crippen LogP contribution in [-0.4, -0.2) is 35.2 Å². The smallest absolute Gasteiger partial charge is 0.251 e. The molecule has 3 nitrogen and oxygen atoms in total. The molecule has 0 bridgehead atoms. The van der Waals surface area contributed by atoms with Crippen LogP contribution in [0.4, 0.5) is 0 Å². The van der Waals surface area contributed by atoms with E-state index >= 15 is 0 Å². The molecular weight excluding hydrogens is 270 g/mol. The highest BCUT2D eigenvalue weighted by atomic mass is 35.5. The molecule has 1 rings (SSSR count). The number of carbonyl (C=O) groups excluding carboxylic acids is 1. The van der Waals surface area contributed by atoms with Gasteiger partial charge < -0.3 is 10.4 Å². The van der Waals surface area contributed by atoms with E-state index in [1.807, 2.05) is 20.1 Å². The maximum absolute atomic E-state index is 12.0. The Kier molecular flexibility index (Phi) is 5.99. The zero-order valence-corrected chi connectivity index (χ0v) is 12.3. The van der Waals surface area contributed by atoms with Crippen molar-refractivity contribution in [3.63, 3.8) is 0 Å². The van der Waals surface area contributed by atoms with E-state index in [1.165, 1.54) is 11.8 Å². The summed E-state index contributed by atoms with van der Waals surface area (Å²) in [5.74, 6) is -0.144. The van der Waals surface area contributed by atoms with Gasteiger partial charge in [0.1, 0.15) is 0 Å². The summed E-state index contributed by atoms with van der Waals surface area (Å²) >= 11 is 7.45. The van der Waals surface area contributed by atoms with E-state index < -0.39 is 0 Å². The molecule has 0 aliphatic heterocycles. The van der Waals surface area contributed by atoms with Crippen LogP contribution >= 0.6 is 23.4 Å². The van der Waals surface area contributed by atoms with Crippen LogP contribution in [0.15, 0.2) is 18.2 Å². The molecule has 0 fully saturated rings. The Balaban J connectivity index is 2.73. The first-order valence-electron chi connectivity index (χ1n) is 5.70. The lowest BCUT2D eigenvalue weighted by Gasteiger charge is -2.21. The van der Waals surface area contributed by atoms with Crippen molar-refractivity contribution in [2.75, 3.05) is 12.9 Å². The number of halogens is 1. The monoisotopic (exact) mass is 287 g/mol. The van der Waals surface area contributed by atoms with Crippen LogP contribution in [0.2, 0.25) is 5.02 Å². The van der Waals surface area contributed by atoms with E-state index in [4.69, 9.17) is 11.6 Å². The molecule has 1 aromatic carbocycles. The van der Waals surface area contributed by atoms with Gasteiger partial charge in [0.15, 0.2) is 0 Å². The molecule has 5 heteroatoms. The van der Waals surface area contributed by atoms with E-state index in [-0.39, 0.29) is 23.8 Å². The van der Waals surface area contributed by atoms with Crippen molar-refractivity contribution in [3.8, 4) is 0 Å². The summed E-state index contributed by atoms with van der Waals surface area (Å²) in [6.07, 6.45) is 1.91. The fourth-order valence-electron chi connectivity index (χ4n) is 1.61. The van der Waals surface area contributed by atoms with Gasteiger partial charge in [-0.1, -0.05) is 11.6 Å². The number of rotatable bonds is 5. The summed E-state index contributed by atoms with van der Waals surface area (Å²) in [4.78, 5) is 12.0. The molecule has 0 heterocycles. The second-order valence-corrected chi connectivity index (χ2v) is 5.67. The number of aliphatic hydroxyl groups is 1. The van der Waals surface area contributed by atoms with Crippen LogP contribution in [0.1, 0.15) is 22.8 Å². The van der Waals surface area contributed by atoms with Crippen LogP contribution < -0.4 is 5.32 Å². The van der Waals surface area contributed by atoms with Crippen LogP contribution in [0, 0.1) is 6.92 Å². The van der Waals surface area contributed by atoms with Crippen molar-refractivity contribution in [1.82, 2.24) is 5.32 Å². The largest absolute Gasteiger partial charge is 0.395 e. The van der Waals surface area contributed by atoms with E-state index in [0.29, 0.717) is 10.6 Å². The standard InChI is InChI=1S/C13H18ClNO2S/c1-8-6-10(4-5-11(8)14)13(17)15-9(2)12(7-16)18-3/h4-6,9,12,16H,7H2,1-3H3,(H,15,17). The average Bonchev–Trinajstić information content (AvgIpc) is 2.34. The van der Waals surface area contributed by atoms with Gasteiger partial charge in [-0.05, 0) is 43.9 Å². The number of hydrogen-bond donors (Lipinski definition) is 2. The number of thioether (sulfide) groups is 1. The second-order valence-electron chi connectivity index (χ2n) is 4.18. The number of carbonyl (C=O) groups is 1. The molecule has 2 atom stereocenters. The highest BCUT2D eigenvalue weighted by molar-refractivity contribution is 7.99. The summed E-state index contributed by atoms with van der Waals surface area (Å²) in [7, 11) is 0. The van der Waals surface area contributed by atoms with Crippen molar-refractivity contribution >= 4 is 29.3 Å². The van der Waals surface area contributed by atoms with Gasteiger partial charge in [0.25, 0.3) is 5.91 Å². The molecule has 0 radical (unpaired) electrons. The minimum atomic E-state index is -0.144. The third kappa shape index (κ3) is 3.90. The van der Waals surface area contributed by atoms with E-state index in [9.17, 15) is 9.90 Å². The summed E-state index contributed by atoms with van der Waals surface area (Å²) in [5, 5.41) is 12.7. The van der Waals surface area contributed by atoms with Gasteiger partial charge in [-0.3, -0.25) is 4.79 Å². The van der Waals surface area contributed by atoms with Crippen LogP contribution in [0.5, 0.6) is 0 Å². The molecule has 0 saturated heterocycles. The van der Waals surface area contributed by atoms with Gasteiger partial charge in [0.05, 0.1) is 6.61 Å². The molecule has 2 N–H and O–H groups in total. The zero-order valence-electron chi connectivity index (χ0n) is 10.7. The maximum atomic E-state index is 12.0. The average molecular weight is 288 g/mol. The number of hydrogen-bond acceptors (Lipinski definition) is 3. The second kappa shape index (κ2) is 7.02. The van der Waals surface area contributed by atoms with E-state index in [1.54, 1.807) is 18.2 Å². The Bertz CT molecular complexity index is 421. The first-order valence-corrected chi connectivity index (χ1v) is 7.36. The highest BCUT2D eigenvalue weighted by Crippen LogP contribution is 2.17. The number of benzene rings is 1. The summed E-state index contributed by atoms with van der Waals surface area (Å²) in [6, 6.07) is 5.09. The van der Waals surface area contributed by atoms with Gasteiger partial charge in [-0.15, -0.1) is 0 Å². The lowest BCUT2D eigenvalue weighted by Crippen LogP contribution is -2.41. The molecule has 18 heavy (non-hydrogen) atoms. The Labute approximate surface area is 117 Å². The molecule has 0 aliphatic carbocycles.